The molecule has 0 aliphatic carbocycles. The number of hydrogen-bond donors (Lipinski definition) is 2. The van der Waals surface area contributed by atoms with E-state index in [-0.39, 0.29) is 5.56 Å². The number of rotatable bonds is 3. The summed E-state index contributed by atoms with van der Waals surface area (Å²) in [5.74, 6) is 1.44. The maximum Gasteiger partial charge on any atom is 0.254 e. The third kappa shape index (κ3) is 3.02. The van der Waals surface area contributed by atoms with E-state index in [1.165, 1.54) is 0 Å². The van der Waals surface area contributed by atoms with Crippen molar-refractivity contribution in [2.24, 2.45) is 0 Å². The first-order chi connectivity index (χ1) is 13.3. The molecular weight excluding hydrogens is 340 g/mol. The van der Waals surface area contributed by atoms with Gasteiger partial charge in [0.05, 0.1) is 23.3 Å². The second kappa shape index (κ2) is 6.44. The van der Waals surface area contributed by atoms with Gasteiger partial charge in [0.25, 0.3) is 5.56 Å². The number of nitrogens with one attached hydrogen (secondary N) is 2. The van der Waals surface area contributed by atoms with Crippen LogP contribution in [-0.2, 0) is 19.5 Å². The first-order valence-corrected chi connectivity index (χ1v) is 8.96. The van der Waals surface area contributed by atoms with Gasteiger partial charge in [0.1, 0.15) is 11.5 Å². The average Bonchev–Trinajstić information content (AvgIpc) is 3.10. The highest BCUT2D eigenvalue weighted by Crippen LogP contribution is 2.19. The Kier molecular flexibility index (Phi) is 3.79. The van der Waals surface area contributed by atoms with Crippen LogP contribution in [0.4, 0.5) is 0 Å². The fraction of sp³-hybridized carbons (Fsp3) is 0.200. The second-order valence-corrected chi connectivity index (χ2v) is 6.72. The maximum absolute atomic E-state index is 12.5. The van der Waals surface area contributed by atoms with Gasteiger partial charge in [-0.1, -0.05) is 18.2 Å². The number of nitrogens with zero attached hydrogens (tertiary/aromatic N) is 4. The second-order valence-electron chi connectivity index (χ2n) is 6.72. The predicted octanol–water partition coefficient (Wildman–Crippen LogP) is 2.27. The Bertz CT molecular complexity index is 1130. The van der Waals surface area contributed by atoms with Crippen molar-refractivity contribution in [2.75, 3.05) is 6.54 Å². The first-order valence-electron chi connectivity index (χ1n) is 8.96. The number of H-pyrrole nitrogens is 2. The molecule has 0 saturated carbocycles. The molecule has 0 unspecified atom stereocenters. The highest BCUT2D eigenvalue weighted by atomic mass is 16.1. The molecular formula is C20H18N6O. The third-order valence-corrected chi connectivity index (χ3v) is 4.87. The van der Waals surface area contributed by atoms with Gasteiger partial charge in [0.2, 0.25) is 0 Å². The Balaban J connectivity index is 1.43. The molecule has 1 aromatic carbocycles. The number of para-hydroxylation sites is 2. The predicted molar refractivity (Wildman–Crippen MR) is 102 cm³/mol. The van der Waals surface area contributed by atoms with Crippen LogP contribution >= 0.6 is 0 Å². The largest absolute Gasteiger partial charge is 0.341 e. The molecule has 0 fully saturated rings. The molecule has 7 nitrogen and oxygen atoms in total. The Morgan fingerprint density at radius 3 is 2.78 bits per heavy atom. The normalized spacial score (nSPS) is 14.4. The van der Waals surface area contributed by atoms with Gasteiger partial charge in [-0.15, -0.1) is 0 Å². The Labute approximate surface area is 155 Å². The van der Waals surface area contributed by atoms with Gasteiger partial charge in [0.15, 0.2) is 5.82 Å². The molecule has 0 spiro atoms. The minimum atomic E-state index is -0.0657. The summed E-state index contributed by atoms with van der Waals surface area (Å²) in [7, 11) is 0. The summed E-state index contributed by atoms with van der Waals surface area (Å²) in [6.07, 6.45) is 2.38. The lowest BCUT2D eigenvalue weighted by molar-refractivity contribution is 0.235. The summed E-state index contributed by atoms with van der Waals surface area (Å²) < 4.78 is 0. The molecule has 2 N–H and O–H groups in total. The fourth-order valence-electron chi connectivity index (χ4n) is 3.55. The monoisotopic (exact) mass is 358 g/mol. The number of benzene rings is 1. The quantitative estimate of drug-likeness (QED) is 0.586. The van der Waals surface area contributed by atoms with E-state index in [0.717, 1.165) is 34.7 Å². The fourth-order valence-corrected chi connectivity index (χ4v) is 3.55. The summed E-state index contributed by atoms with van der Waals surface area (Å²) in [5, 5.41) is 0. The van der Waals surface area contributed by atoms with Gasteiger partial charge in [-0.05, 0) is 30.7 Å². The lowest BCUT2D eigenvalue weighted by atomic mass is 10.1. The molecule has 3 aromatic heterocycles. The Hall–Kier alpha value is -3.32. The van der Waals surface area contributed by atoms with Crippen molar-refractivity contribution in [1.82, 2.24) is 29.8 Å². The molecule has 0 amide bonds. The zero-order chi connectivity index (χ0) is 18.2. The van der Waals surface area contributed by atoms with E-state index in [0.29, 0.717) is 31.0 Å². The van der Waals surface area contributed by atoms with Crippen molar-refractivity contribution in [3.8, 4) is 11.5 Å². The SMILES string of the molecule is O=c1[nH]c(-c2ccccn2)nc2c1CCN(Cc1nc3ccccc3[nH]1)C2. The van der Waals surface area contributed by atoms with E-state index in [9.17, 15) is 4.79 Å². The van der Waals surface area contributed by atoms with Crippen LogP contribution in [0.2, 0.25) is 0 Å². The van der Waals surface area contributed by atoms with Crippen molar-refractivity contribution in [3.05, 3.63) is 76.1 Å². The van der Waals surface area contributed by atoms with Crippen LogP contribution < -0.4 is 5.56 Å². The van der Waals surface area contributed by atoms with Crippen molar-refractivity contribution in [3.63, 3.8) is 0 Å². The number of pyridine rings is 1. The molecule has 7 heteroatoms. The molecule has 0 radical (unpaired) electrons. The minimum absolute atomic E-state index is 0.0657. The molecule has 4 aromatic rings. The van der Waals surface area contributed by atoms with Gasteiger partial charge in [-0.2, -0.15) is 0 Å². The highest BCUT2D eigenvalue weighted by molar-refractivity contribution is 5.74. The van der Waals surface area contributed by atoms with E-state index >= 15 is 0 Å². The van der Waals surface area contributed by atoms with Crippen LogP contribution in [0.25, 0.3) is 22.6 Å². The van der Waals surface area contributed by atoms with Crippen LogP contribution in [0.15, 0.2) is 53.5 Å². The summed E-state index contributed by atoms with van der Waals surface area (Å²) in [6.45, 7) is 2.12. The smallest absolute Gasteiger partial charge is 0.254 e. The van der Waals surface area contributed by atoms with Crippen LogP contribution in [0.1, 0.15) is 17.1 Å². The minimum Gasteiger partial charge on any atom is -0.341 e. The topological polar surface area (TPSA) is 90.6 Å². The van der Waals surface area contributed by atoms with Crippen molar-refractivity contribution >= 4 is 11.0 Å². The summed E-state index contributed by atoms with van der Waals surface area (Å²) >= 11 is 0. The number of hydrogen-bond acceptors (Lipinski definition) is 5. The zero-order valence-corrected chi connectivity index (χ0v) is 14.6. The number of aromatic nitrogens is 5. The number of imidazole rings is 1. The summed E-state index contributed by atoms with van der Waals surface area (Å²) in [4.78, 5) is 34.6. The highest BCUT2D eigenvalue weighted by Gasteiger charge is 2.22. The molecule has 134 valence electrons. The molecule has 5 rings (SSSR count). The first kappa shape index (κ1) is 15.9. The van der Waals surface area contributed by atoms with Gasteiger partial charge in [-0.25, -0.2) is 9.97 Å². The van der Waals surface area contributed by atoms with Crippen molar-refractivity contribution < 1.29 is 0 Å². The lowest BCUT2D eigenvalue weighted by Crippen LogP contribution is -2.35. The molecule has 0 bridgehead atoms. The maximum atomic E-state index is 12.5. The van der Waals surface area contributed by atoms with E-state index in [2.05, 4.69) is 29.8 Å². The van der Waals surface area contributed by atoms with E-state index in [4.69, 9.17) is 0 Å². The van der Waals surface area contributed by atoms with Crippen LogP contribution in [0.3, 0.4) is 0 Å². The van der Waals surface area contributed by atoms with Gasteiger partial charge >= 0.3 is 0 Å². The van der Waals surface area contributed by atoms with Gasteiger partial charge < -0.3 is 9.97 Å². The number of aromatic amines is 2. The van der Waals surface area contributed by atoms with Crippen LogP contribution in [-0.4, -0.2) is 36.4 Å². The van der Waals surface area contributed by atoms with Gasteiger partial charge in [0, 0.05) is 24.8 Å². The molecule has 1 aliphatic rings. The zero-order valence-electron chi connectivity index (χ0n) is 14.6. The summed E-state index contributed by atoms with van der Waals surface area (Å²) in [6, 6.07) is 13.6. The van der Waals surface area contributed by atoms with Crippen molar-refractivity contribution in [2.45, 2.75) is 19.5 Å². The van der Waals surface area contributed by atoms with E-state index < -0.39 is 0 Å². The van der Waals surface area contributed by atoms with Crippen LogP contribution in [0, 0.1) is 0 Å². The van der Waals surface area contributed by atoms with E-state index in [1.807, 2.05) is 42.5 Å². The molecule has 4 heterocycles. The molecule has 0 saturated heterocycles. The third-order valence-electron chi connectivity index (χ3n) is 4.87. The summed E-state index contributed by atoms with van der Waals surface area (Å²) in [5.41, 5.74) is 4.21. The standard InChI is InChI=1S/C20H18N6O/c27-20-13-8-10-26(12-18-22-14-5-1-2-6-15(14)23-18)11-17(13)24-19(25-20)16-7-3-4-9-21-16/h1-7,9H,8,10-12H2,(H,22,23)(H,24,25,27). The van der Waals surface area contributed by atoms with Gasteiger partial charge in [-0.3, -0.25) is 14.7 Å². The number of fused-ring (bicyclic) bond motifs is 2. The molecule has 27 heavy (non-hydrogen) atoms. The Morgan fingerprint density at radius 1 is 1.04 bits per heavy atom. The van der Waals surface area contributed by atoms with Crippen LogP contribution in [0.5, 0.6) is 0 Å². The average molecular weight is 358 g/mol. The molecule has 0 atom stereocenters. The van der Waals surface area contributed by atoms with E-state index in [1.54, 1.807) is 6.20 Å². The lowest BCUT2D eigenvalue weighted by Gasteiger charge is -2.26. The molecule has 1 aliphatic heterocycles. The Morgan fingerprint density at radius 2 is 1.93 bits per heavy atom. The van der Waals surface area contributed by atoms with Crippen molar-refractivity contribution in [1.29, 1.82) is 0 Å².